The van der Waals surface area contributed by atoms with Crippen LogP contribution in [0.3, 0.4) is 0 Å². The Morgan fingerprint density at radius 3 is 0.797 bits per heavy atom. The molecule has 33 nitrogen and oxygen atoms in total. The zero-order valence-electron chi connectivity index (χ0n) is 90.0. The molecule has 0 bridgehead atoms. The minimum Gasteiger partial charge on any atom is -0.496 e. The Bertz CT molecular complexity index is 6290. The van der Waals surface area contributed by atoms with Gasteiger partial charge in [0.25, 0.3) is 23.6 Å². The lowest BCUT2D eigenvalue weighted by atomic mass is 9.99. The number of benzene rings is 7. The summed E-state index contributed by atoms with van der Waals surface area (Å²) < 4.78 is 86.7. The van der Waals surface area contributed by atoms with Gasteiger partial charge in [-0.1, -0.05) is 192 Å². The third-order valence-corrected chi connectivity index (χ3v) is 25.7. The van der Waals surface area contributed by atoms with E-state index in [4.69, 9.17) is 73.7 Å². The number of nitrogens with zero attached hydrogens (tertiary/aromatic N) is 17. The molecule has 0 amide bonds. The smallest absolute Gasteiger partial charge is 0.258 e. The predicted molar refractivity (Wildman–Crippen MR) is 565 cm³/mol. The number of methoxy groups -OCH3 is 4. The van der Waals surface area contributed by atoms with Gasteiger partial charge in [0.05, 0.1) is 34.0 Å². The highest BCUT2D eigenvalue weighted by atomic mass is 16.5. The van der Waals surface area contributed by atoms with E-state index in [1.807, 2.05) is 91.9 Å². The molecule has 4 aliphatic rings. The zero-order chi connectivity index (χ0) is 105. The molecule has 0 atom stereocenters. The molecule has 148 heavy (non-hydrogen) atoms. The van der Waals surface area contributed by atoms with E-state index in [1.54, 1.807) is 55.4 Å². The summed E-state index contributed by atoms with van der Waals surface area (Å²) in [5, 5.41) is 48.1. The minimum atomic E-state index is 0.312. The summed E-state index contributed by atoms with van der Waals surface area (Å²) in [4.78, 5) is 21.8. The van der Waals surface area contributed by atoms with Crippen molar-refractivity contribution in [3.8, 4) is 115 Å². The van der Waals surface area contributed by atoms with Crippen molar-refractivity contribution in [1.29, 1.82) is 0 Å². The normalized spacial score (nSPS) is 14.1. The summed E-state index contributed by atoms with van der Waals surface area (Å²) in [7, 11) is 6.71. The van der Waals surface area contributed by atoms with Crippen LogP contribution in [0.25, 0.3) is 91.6 Å². The van der Waals surface area contributed by atoms with Crippen LogP contribution in [-0.2, 0) is 18.9 Å². The van der Waals surface area contributed by atoms with E-state index in [0.717, 1.165) is 195 Å². The Kier molecular flexibility index (Phi) is 40.9. The second-order valence-electron chi connectivity index (χ2n) is 39.3. The first-order valence-corrected chi connectivity index (χ1v) is 51.3. The van der Waals surface area contributed by atoms with Crippen LogP contribution in [0.1, 0.15) is 325 Å². The van der Waals surface area contributed by atoms with Gasteiger partial charge in [-0.15, -0.1) is 40.8 Å². The molecule has 4 aliphatic heterocycles. The van der Waals surface area contributed by atoms with Crippen molar-refractivity contribution in [2.24, 2.45) is 0 Å². The summed E-state index contributed by atoms with van der Waals surface area (Å²) in [6.45, 7) is 47.8. The molecule has 0 unspecified atom stereocenters. The van der Waals surface area contributed by atoms with Crippen LogP contribution in [-0.4, -0.2) is 168 Å². The van der Waals surface area contributed by atoms with Crippen molar-refractivity contribution in [1.82, 2.24) is 86.3 Å². The van der Waals surface area contributed by atoms with Gasteiger partial charge in [-0.2, -0.15) is 19.9 Å². The molecule has 0 aliphatic carbocycles. The molecule has 0 radical (unpaired) electrons. The van der Waals surface area contributed by atoms with Crippen molar-refractivity contribution in [2.45, 2.75) is 261 Å². The van der Waals surface area contributed by atoms with E-state index in [0.29, 0.717) is 147 Å². The molecule has 4 fully saturated rings. The van der Waals surface area contributed by atoms with Crippen molar-refractivity contribution < 1.29 is 73.7 Å². The van der Waals surface area contributed by atoms with Crippen LogP contribution in [0.2, 0.25) is 0 Å². The maximum absolute atomic E-state index is 5.88. The van der Waals surface area contributed by atoms with E-state index >= 15 is 0 Å². The predicted octanol–water partition coefficient (Wildman–Crippen LogP) is 27.1. The summed E-state index contributed by atoms with van der Waals surface area (Å²) in [5.41, 5.74) is 17.1. The Labute approximate surface area is 867 Å². The molecule has 0 N–H and O–H groups in total. The lowest BCUT2D eigenvalue weighted by Crippen LogP contribution is -2.15. The van der Waals surface area contributed by atoms with Crippen molar-refractivity contribution in [3.63, 3.8) is 0 Å². The monoisotopic (exact) mass is 2020 g/mol. The Balaban J connectivity index is 0.000000142. The van der Waals surface area contributed by atoms with Crippen LogP contribution >= 0.6 is 0 Å². The minimum absolute atomic E-state index is 0.312. The number of ether oxygens (including phenoxy) is 8. The van der Waals surface area contributed by atoms with E-state index in [-0.39, 0.29) is 0 Å². The lowest BCUT2D eigenvalue weighted by Gasteiger charge is -2.18. The molecule has 16 aromatic rings. The van der Waals surface area contributed by atoms with Crippen LogP contribution in [0.5, 0.6) is 23.0 Å². The van der Waals surface area contributed by atoms with Crippen LogP contribution in [0.15, 0.2) is 200 Å². The van der Waals surface area contributed by atoms with E-state index in [2.05, 4.69) is 270 Å². The third-order valence-electron chi connectivity index (χ3n) is 25.7. The van der Waals surface area contributed by atoms with Gasteiger partial charge in [0, 0.05) is 141 Å². The van der Waals surface area contributed by atoms with E-state index in [1.165, 1.54) is 38.9 Å². The quantitative estimate of drug-likeness (QED) is 0.0542. The number of aromatic nitrogens is 17. The molecular weight excluding hydrogens is 1880 g/mol. The number of rotatable bonds is 24. The summed E-state index contributed by atoms with van der Waals surface area (Å²) in [6, 6.07) is 52.9. The topological polar surface area (TPSA) is 398 Å². The van der Waals surface area contributed by atoms with Crippen molar-refractivity contribution >= 4 is 0 Å². The first-order chi connectivity index (χ1) is 71.4. The maximum atomic E-state index is 5.88. The Morgan fingerprint density at radius 1 is 0.250 bits per heavy atom. The summed E-state index contributed by atoms with van der Waals surface area (Å²) >= 11 is 0. The fourth-order valence-electron chi connectivity index (χ4n) is 16.7. The van der Waals surface area contributed by atoms with E-state index in [9.17, 15) is 0 Å². The van der Waals surface area contributed by atoms with Gasteiger partial charge in [-0.25, -0.2) is 0 Å². The molecule has 13 heterocycles. The van der Waals surface area contributed by atoms with Crippen molar-refractivity contribution in [2.75, 3.05) is 81.3 Å². The average Bonchev–Trinajstić information content (AvgIpc) is 1.78. The molecular formula is C115H143N17O16. The van der Waals surface area contributed by atoms with Crippen LogP contribution in [0, 0.1) is 27.7 Å². The largest absolute Gasteiger partial charge is 0.496 e. The molecule has 20 rings (SSSR count). The van der Waals surface area contributed by atoms with Gasteiger partial charge in [0.15, 0.2) is 23.3 Å². The van der Waals surface area contributed by atoms with Crippen LogP contribution < -0.4 is 18.9 Å². The second kappa shape index (κ2) is 54.5. The molecule has 33 heteroatoms. The molecule has 7 aromatic carbocycles. The Morgan fingerprint density at radius 2 is 0.514 bits per heavy atom. The lowest BCUT2D eigenvalue weighted by molar-refractivity contribution is 0.0795. The zero-order valence-corrected chi connectivity index (χ0v) is 90.0. The second-order valence-corrected chi connectivity index (χ2v) is 39.3. The Hall–Kier alpha value is -14.2. The van der Waals surface area contributed by atoms with Gasteiger partial charge in [-0.05, 0) is 249 Å². The standard InChI is InChI=1S/2C17H22N2O3.2C16H20N2O2.2C13H16N2O2.C12H14N2O.C11H13N3O/c1-11(2)14-5-4-13(10-15(14)20-3)17-19-18-16(22-17)12-6-8-21-9-7-12;1-11(2)14-5-4-13(10-15(14)20-3)17-18-16(19-22-17)12-6-8-21-9-7-12;1-11(2)12-3-5-14(6-4-12)16-17-15(18-20-16)13-7-9-19-10-8-13;1-11(2)12-3-5-13(6-4-12)15-17-18-16(20-15)14-7-9-19-10-8-14;1-8(2)11-6-5-10(7-12(11)16-4)13-15-14-9(3)17-13;1-8(2)11-6-5-10(7-12(11)16-4)13-14-9(3)15-17-13;1-8(2)10-4-6-11(7-5-10)12-13-9(3)14-15-12;1-7(2)10-5-4-9(6-12-10)11-14-13-8(3)15-11/h2*4-5,10-12H,6-9H2,1-3H3;3-6,11,13H,7-10H2,1-2H3;3-6,11,14H,7-10H2,1-2H3;2*5-8H,1-4H3;4-8H,1-3H3;4-7H,1-3H3. The fourth-order valence-corrected chi connectivity index (χ4v) is 16.7. The number of aryl methyl sites for hydroxylation is 4. The van der Waals surface area contributed by atoms with Gasteiger partial charge in [-0.3, -0.25) is 4.98 Å². The van der Waals surface area contributed by atoms with E-state index < -0.39 is 0 Å². The van der Waals surface area contributed by atoms with Gasteiger partial charge in [0.1, 0.15) is 23.0 Å². The SMILES string of the molecule is CC(C)c1ccc(-c2nc(C3CCOCC3)no2)cc1.CC(C)c1ccc(-c2nnc(C3CCOCC3)o2)cc1.COc1cc(-c2nc(C)no2)ccc1C(C)C.COc1cc(-c2nc(C3CCOCC3)no2)ccc1C(C)C.COc1cc(-c2nnc(C)o2)ccc1C(C)C.COc1cc(-c2nnc(C3CCOCC3)o2)ccc1C(C)C.Cc1nnc(-c2ccc(C(C)C)nc2)o1.Cc1noc(-c2ccc(C(C)C)cc2)n1. The van der Waals surface area contributed by atoms with Crippen LogP contribution in [0.4, 0.5) is 0 Å². The first-order valence-electron chi connectivity index (χ1n) is 51.3. The fraction of sp³-hybridized carbons (Fsp3) is 0.452. The highest BCUT2D eigenvalue weighted by Crippen LogP contribution is 2.40. The number of hydrogen-bond acceptors (Lipinski definition) is 33. The summed E-state index contributed by atoms with van der Waals surface area (Å²) in [6.07, 6.45) is 9.44. The molecule has 0 spiro atoms. The summed E-state index contributed by atoms with van der Waals surface area (Å²) in [5.74, 6) is 18.5. The number of pyridine rings is 1. The van der Waals surface area contributed by atoms with Gasteiger partial charge >= 0.3 is 0 Å². The molecule has 0 saturated carbocycles. The van der Waals surface area contributed by atoms with Gasteiger partial charge in [0.2, 0.25) is 47.1 Å². The van der Waals surface area contributed by atoms with Crippen molar-refractivity contribution in [3.05, 3.63) is 255 Å². The molecule has 784 valence electrons. The first kappa shape index (κ1) is 111. The molecule has 9 aromatic heterocycles. The third kappa shape index (κ3) is 31.0. The highest BCUT2D eigenvalue weighted by molar-refractivity contribution is 5.63. The molecule has 4 saturated heterocycles. The average molecular weight is 2020 g/mol. The highest BCUT2D eigenvalue weighted by Gasteiger charge is 2.29. The van der Waals surface area contributed by atoms with Gasteiger partial charge < -0.3 is 73.7 Å². The maximum Gasteiger partial charge on any atom is 0.258 e. The number of hydrogen-bond donors (Lipinski definition) is 0.